The molecule has 0 spiro atoms. The Kier molecular flexibility index (Phi) is 7.03. The van der Waals surface area contributed by atoms with E-state index in [9.17, 15) is 18.4 Å². The van der Waals surface area contributed by atoms with Gasteiger partial charge in [-0.05, 0) is 22.8 Å². The highest BCUT2D eigenvalue weighted by Gasteiger charge is 2.40. The van der Waals surface area contributed by atoms with Gasteiger partial charge in [0.15, 0.2) is 0 Å². The molecule has 0 aliphatic heterocycles. The zero-order valence-electron chi connectivity index (χ0n) is 18.9. The molecule has 1 amide bonds. The number of rotatable bonds is 7. The van der Waals surface area contributed by atoms with Gasteiger partial charge in [0, 0.05) is 28.8 Å². The van der Waals surface area contributed by atoms with E-state index in [1.54, 1.807) is 61.8 Å². The van der Waals surface area contributed by atoms with Gasteiger partial charge in [-0.15, -0.1) is 0 Å². The average molecular weight is 512 g/mol. The van der Waals surface area contributed by atoms with Crippen molar-refractivity contribution in [2.75, 3.05) is 5.32 Å². The number of hydrogen-bond acceptors (Lipinski definition) is 4. The summed E-state index contributed by atoms with van der Waals surface area (Å²) in [6.45, 7) is 0.00454. The third-order valence-electron chi connectivity index (χ3n) is 5.52. The molecule has 1 aromatic heterocycles. The van der Waals surface area contributed by atoms with E-state index in [0.29, 0.717) is 27.5 Å². The molecule has 0 saturated heterocycles. The predicted octanol–water partition coefficient (Wildman–Crippen LogP) is 6.33. The van der Waals surface area contributed by atoms with Crippen LogP contribution in [0.5, 0.6) is 0 Å². The number of nitrogens with one attached hydrogen (secondary N) is 1. The van der Waals surface area contributed by atoms with Gasteiger partial charge in [0.05, 0.1) is 6.20 Å². The van der Waals surface area contributed by atoms with E-state index in [1.165, 1.54) is 16.8 Å². The van der Waals surface area contributed by atoms with Crippen molar-refractivity contribution in [3.8, 4) is 22.3 Å². The normalized spacial score (nSPS) is 11.2. The van der Waals surface area contributed by atoms with Crippen LogP contribution in [-0.2, 0) is 29.1 Å². The number of aromatic nitrogens is 2. The van der Waals surface area contributed by atoms with Crippen LogP contribution >= 0.6 is 11.6 Å². The van der Waals surface area contributed by atoms with Gasteiger partial charge >= 0.3 is 18.0 Å². The van der Waals surface area contributed by atoms with Gasteiger partial charge in [-0.3, -0.25) is 10.00 Å². The molecule has 10 heteroatoms. The molecule has 184 valence electrons. The Labute approximate surface area is 209 Å². The summed E-state index contributed by atoms with van der Waals surface area (Å²) in [6.07, 6.45) is 0.927. The Morgan fingerprint density at radius 2 is 1.58 bits per heavy atom. The third-order valence-corrected chi connectivity index (χ3v) is 5.89. The first-order valence-corrected chi connectivity index (χ1v) is 11.1. The molecule has 4 aromatic rings. The first-order chi connectivity index (χ1) is 17.2. The average Bonchev–Trinajstić information content (AvgIpc) is 3.23. The number of aryl methyl sites for hydroxylation is 1. The van der Waals surface area contributed by atoms with Gasteiger partial charge in [0.1, 0.15) is 12.4 Å². The number of nitrogens with zero attached hydrogens (tertiary/aromatic N) is 2. The van der Waals surface area contributed by atoms with Gasteiger partial charge in [0.2, 0.25) is 0 Å². The van der Waals surface area contributed by atoms with Crippen molar-refractivity contribution in [2.24, 2.45) is 7.05 Å². The van der Waals surface area contributed by atoms with E-state index in [4.69, 9.17) is 21.4 Å². The van der Waals surface area contributed by atoms with Crippen LogP contribution in [0.2, 0.25) is 5.02 Å². The summed E-state index contributed by atoms with van der Waals surface area (Å²) in [5.41, 5.74) is 2.86. The topological polar surface area (TPSA) is 93.5 Å². The number of carbonyl (C=O) groups is 2. The largest absolute Gasteiger partial charge is 0.477 e. The van der Waals surface area contributed by atoms with Crippen LogP contribution in [0.25, 0.3) is 22.3 Å². The van der Waals surface area contributed by atoms with Crippen molar-refractivity contribution in [1.29, 1.82) is 0 Å². The molecule has 4 rings (SSSR count). The fraction of sp³-hybridized carbons (Fsp3) is 0.115. The van der Waals surface area contributed by atoms with Crippen molar-refractivity contribution in [3.63, 3.8) is 0 Å². The number of alkyl halides is 2. The Hall–Kier alpha value is -4.24. The van der Waals surface area contributed by atoms with E-state index < -0.39 is 23.5 Å². The molecular weight excluding hydrogens is 492 g/mol. The number of amides is 1. The first-order valence-electron chi connectivity index (χ1n) is 10.7. The first kappa shape index (κ1) is 24.9. The molecule has 0 saturated carbocycles. The lowest BCUT2D eigenvalue weighted by Gasteiger charge is -2.12. The number of aliphatic carboxylic acids is 1. The maximum Gasteiger partial charge on any atom is 0.413 e. The minimum absolute atomic E-state index is 0.00454. The second-order valence-electron chi connectivity index (χ2n) is 7.86. The molecular formula is C26H20ClF2N3O4. The highest BCUT2D eigenvalue weighted by Crippen LogP contribution is 2.32. The maximum absolute atomic E-state index is 13.7. The molecule has 0 unspecified atom stereocenters. The van der Waals surface area contributed by atoms with Crippen LogP contribution in [0.15, 0.2) is 79.0 Å². The van der Waals surface area contributed by atoms with E-state index in [-0.39, 0.29) is 6.61 Å². The van der Waals surface area contributed by atoms with E-state index in [1.807, 2.05) is 0 Å². The van der Waals surface area contributed by atoms with Crippen molar-refractivity contribution >= 4 is 29.5 Å². The van der Waals surface area contributed by atoms with Crippen LogP contribution in [0, 0.1) is 0 Å². The third kappa shape index (κ3) is 5.21. The molecule has 36 heavy (non-hydrogen) atoms. The standard InChI is InChI=1S/C26H20ClF2N3O4/c1-32-23(31-25(35)36-15-19-4-2-3-5-22(19)27)21(14-30-32)18-8-6-16(7-9-18)17-10-12-20(13-11-17)26(28,29)24(33)34/h2-14H,15H2,1H3,(H,31,35)(H,33,34). The maximum atomic E-state index is 13.7. The smallest absolute Gasteiger partial charge is 0.413 e. The van der Waals surface area contributed by atoms with E-state index in [0.717, 1.165) is 23.3 Å². The lowest BCUT2D eigenvalue weighted by molar-refractivity contribution is -0.166. The van der Waals surface area contributed by atoms with Gasteiger partial charge in [-0.25, -0.2) is 9.59 Å². The number of halogens is 3. The molecule has 0 bridgehead atoms. The molecule has 3 aromatic carbocycles. The van der Waals surface area contributed by atoms with Crippen LogP contribution < -0.4 is 5.32 Å². The van der Waals surface area contributed by atoms with Crippen LogP contribution in [0.4, 0.5) is 19.4 Å². The SMILES string of the molecule is Cn1ncc(-c2ccc(-c3ccc(C(F)(F)C(=O)O)cc3)cc2)c1NC(=O)OCc1ccccc1Cl. The van der Waals surface area contributed by atoms with Gasteiger partial charge < -0.3 is 9.84 Å². The fourth-order valence-corrected chi connectivity index (χ4v) is 3.72. The highest BCUT2D eigenvalue weighted by molar-refractivity contribution is 6.31. The summed E-state index contributed by atoms with van der Waals surface area (Å²) in [5, 5.41) is 16.1. The Morgan fingerprint density at radius 3 is 2.19 bits per heavy atom. The van der Waals surface area contributed by atoms with Crippen molar-refractivity contribution in [3.05, 3.63) is 95.1 Å². The summed E-state index contributed by atoms with van der Waals surface area (Å²) >= 11 is 6.10. The second-order valence-corrected chi connectivity index (χ2v) is 8.26. The quantitative estimate of drug-likeness (QED) is 0.302. The fourth-order valence-electron chi connectivity index (χ4n) is 3.53. The lowest BCUT2D eigenvalue weighted by Crippen LogP contribution is -2.25. The van der Waals surface area contributed by atoms with Gasteiger partial charge in [0.25, 0.3) is 0 Å². The molecule has 0 fully saturated rings. The number of carboxylic acids is 1. The monoisotopic (exact) mass is 511 g/mol. The molecule has 1 heterocycles. The van der Waals surface area contributed by atoms with E-state index >= 15 is 0 Å². The number of benzene rings is 3. The van der Waals surface area contributed by atoms with Crippen molar-refractivity contribution in [2.45, 2.75) is 12.5 Å². The van der Waals surface area contributed by atoms with Crippen LogP contribution in [0.1, 0.15) is 11.1 Å². The molecule has 2 N–H and O–H groups in total. The summed E-state index contributed by atoms with van der Waals surface area (Å²) in [6, 6.07) is 19.3. The molecule has 0 aliphatic carbocycles. The summed E-state index contributed by atoms with van der Waals surface area (Å²) in [7, 11) is 1.68. The second kappa shape index (κ2) is 10.2. The minimum atomic E-state index is -3.96. The summed E-state index contributed by atoms with van der Waals surface area (Å²) in [4.78, 5) is 23.2. The van der Waals surface area contributed by atoms with Gasteiger partial charge in [-0.2, -0.15) is 13.9 Å². The van der Waals surface area contributed by atoms with Gasteiger partial charge in [-0.1, -0.05) is 78.3 Å². The number of hydrogen-bond donors (Lipinski definition) is 2. The Bertz CT molecular complexity index is 1400. The predicted molar refractivity (Wildman–Crippen MR) is 131 cm³/mol. The van der Waals surface area contributed by atoms with Crippen molar-refractivity contribution < 1.29 is 28.2 Å². The number of ether oxygens (including phenoxy) is 1. The molecule has 0 aliphatic rings. The lowest BCUT2D eigenvalue weighted by atomic mass is 9.99. The molecule has 0 atom stereocenters. The zero-order valence-corrected chi connectivity index (χ0v) is 19.7. The highest BCUT2D eigenvalue weighted by atomic mass is 35.5. The van der Waals surface area contributed by atoms with Crippen molar-refractivity contribution in [1.82, 2.24) is 9.78 Å². The molecule has 7 nitrogen and oxygen atoms in total. The number of carbonyl (C=O) groups excluding carboxylic acids is 1. The number of anilines is 1. The van der Waals surface area contributed by atoms with Crippen LogP contribution in [0.3, 0.4) is 0 Å². The Morgan fingerprint density at radius 1 is 1.00 bits per heavy atom. The Balaban J connectivity index is 1.48. The summed E-state index contributed by atoms with van der Waals surface area (Å²) in [5.74, 6) is -5.74. The molecule has 0 radical (unpaired) electrons. The van der Waals surface area contributed by atoms with E-state index in [2.05, 4.69) is 10.4 Å². The summed E-state index contributed by atoms with van der Waals surface area (Å²) < 4.78 is 34.2. The minimum Gasteiger partial charge on any atom is -0.477 e. The number of carboxylic acid groups (broad SMARTS) is 1. The zero-order chi connectivity index (χ0) is 25.9. The van der Waals surface area contributed by atoms with Crippen LogP contribution in [-0.4, -0.2) is 26.9 Å².